The predicted octanol–water partition coefficient (Wildman–Crippen LogP) is 0.341. The lowest BCUT2D eigenvalue weighted by Crippen LogP contribution is -2.41. The molecule has 0 saturated carbocycles. The fraction of sp³-hybridized carbons (Fsp3) is 0.556. The molecule has 1 aromatic carbocycles. The highest BCUT2D eigenvalue weighted by atomic mass is 32.2. The summed E-state index contributed by atoms with van der Waals surface area (Å²) in [5.74, 6) is 0.0303. The molecule has 164 valence electrons. The second kappa shape index (κ2) is 10.4. The Balaban J connectivity index is 2.80. The molecule has 0 aliphatic rings. The molecular weight excluding hydrogens is 398 g/mol. The SMILES string of the molecule is COc1cc(C)c(S(=O)(=O)NC(N)=NCCC[C@H](N)C(=O)N(C)OC)c(C)c1C. The van der Waals surface area contributed by atoms with E-state index in [2.05, 4.69) is 9.71 Å². The van der Waals surface area contributed by atoms with Crippen molar-refractivity contribution >= 4 is 21.9 Å². The molecule has 0 aliphatic heterocycles. The van der Waals surface area contributed by atoms with E-state index in [0.29, 0.717) is 29.7 Å². The van der Waals surface area contributed by atoms with Crippen LogP contribution in [-0.2, 0) is 19.7 Å². The molecule has 1 aromatic rings. The number of hydrogen-bond acceptors (Lipinski definition) is 7. The number of rotatable bonds is 9. The first-order valence-electron chi connectivity index (χ1n) is 9.01. The third-order valence-electron chi connectivity index (χ3n) is 4.56. The van der Waals surface area contributed by atoms with Crippen LogP contribution in [0.4, 0.5) is 0 Å². The van der Waals surface area contributed by atoms with Crippen LogP contribution >= 0.6 is 0 Å². The standard InChI is InChI=1S/C18H31N5O5S/c1-11-10-15(27-5)12(2)13(3)16(11)29(25,26)22-18(20)21-9-7-8-14(19)17(24)23(4)28-6/h10,14H,7-9,19H2,1-6H3,(H3,20,21,22)/t14-/m0/s1. The Morgan fingerprint density at radius 1 is 1.28 bits per heavy atom. The number of hydroxylamine groups is 2. The highest BCUT2D eigenvalue weighted by molar-refractivity contribution is 7.90. The quantitative estimate of drug-likeness (QED) is 0.222. The summed E-state index contributed by atoms with van der Waals surface area (Å²) in [5.41, 5.74) is 13.4. The van der Waals surface area contributed by atoms with Crippen molar-refractivity contribution in [3.05, 3.63) is 22.8 Å². The minimum absolute atomic E-state index is 0.143. The molecule has 1 atom stereocenters. The summed E-state index contributed by atoms with van der Waals surface area (Å²) in [6.45, 7) is 5.40. The average Bonchev–Trinajstić information content (AvgIpc) is 2.65. The number of guanidine groups is 1. The van der Waals surface area contributed by atoms with E-state index in [0.717, 1.165) is 10.6 Å². The third-order valence-corrected chi connectivity index (χ3v) is 6.21. The van der Waals surface area contributed by atoms with Gasteiger partial charge in [0.15, 0.2) is 0 Å². The maximum Gasteiger partial charge on any atom is 0.264 e. The number of ether oxygens (including phenoxy) is 1. The van der Waals surface area contributed by atoms with Crippen LogP contribution in [-0.4, -0.2) is 59.2 Å². The van der Waals surface area contributed by atoms with Gasteiger partial charge >= 0.3 is 0 Å². The van der Waals surface area contributed by atoms with Crippen LogP contribution < -0.4 is 20.9 Å². The van der Waals surface area contributed by atoms with Gasteiger partial charge in [0.05, 0.1) is 25.2 Å². The number of likely N-dealkylation sites (N-methyl/N-ethyl adjacent to an activating group) is 1. The van der Waals surface area contributed by atoms with Crippen LogP contribution in [0.1, 0.15) is 29.5 Å². The number of nitrogens with one attached hydrogen (secondary N) is 1. The lowest BCUT2D eigenvalue weighted by molar-refractivity contribution is -0.170. The van der Waals surface area contributed by atoms with E-state index in [-0.39, 0.29) is 23.3 Å². The van der Waals surface area contributed by atoms with Gasteiger partial charge in [-0.05, 0) is 56.4 Å². The van der Waals surface area contributed by atoms with E-state index in [1.807, 2.05) is 0 Å². The molecule has 0 heterocycles. The van der Waals surface area contributed by atoms with Gasteiger partial charge in [0.1, 0.15) is 5.75 Å². The summed E-state index contributed by atoms with van der Waals surface area (Å²) in [4.78, 5) is 20.7. The maximum atomic E-state index is 12.8. The second-order valence-electron chi connectivity index (χ2n) is 6.61. The highest BCUT2D eigenvalue weighted by Gasteiger charge is 2.23. The summed E-state index contributed by atoms with van der Waals surface area (Å²) < 4.78 is 33.1. The van der Waals surface area contributed by atoms with Gasteiger partial charge in [-0.2, -0.15) is 0 Å². The Labute approximate surface area is 172 Å². The number of aryl methyl sites for hydroxylation is 1. The largest absolute Gasteiger partial charge is 0.496 e. The molecule has 0 spiro atoms. The van der Waals surface area contributed by atoms with Crippen molar-refractivity contribution in [2.45, 2.75) is 44.6 Å². The molecule has 1 rings (SSSR count). The van der Waals surface area contributed by atoms with Crippen LogP contribution in [0.3, 0.4) is 0 Å². The summed E-state index contributed by atoms with van der Waals surface area (Å²) in [7, 11) is 0.460. The van der Waals surface area contributed by atoms with Gasteiger partial charge in [-0.1, -0.05) is 0 Å². The number of nitrogens with zero attached hydrogens (tertiary/aromatic N) is 2. The summed E-state index contributed by atoms with van der Waals surface area (Å²) in [5, 5.41) is 1.05. The lowest BCUT2D eigenvalue weighted by Gasteiger charge is -2.18. The molecule has 0 radical (unpaired) electrons. The Hall–Kier alpha value is -2.37. The van der Waals surface area contributed by atoms with E-state index < -0.39 is 16.1 Å². The van der Waals surface area contributed by atoms with Crippen molar-refractivity contribution in [2.75, 3.05) is 27.8 Å². The number of carbonyl (C=O) groups is 1. The molecule has 0 unspecified atom stereocenters. The normalized spacial score (nSPS) is 13.1. The fourth-order valence-electron chi connectivity index (χ4n) is 2.83. The minimum Gasteiger partial charge on any atom is -0.496 e. The van der Waals surface area contributed by atoms with Crippen molar-refractivity contribution in [2.24, 2.45) is 16.5 Å². The average molecular weight is 430 g/mol. The molecular formula is C18H31N5O5S. The van der Waals surface area contributed by atoms with Crippen LogP contribution in [0.15, 0.2) is 16.0 Å². The number of hydrogen-bond donors (Lipinski definition) is 3. The molecule has 29 heavy (non-hydrogen) atoms. The third kappa shape index (κ3) is 6.31. The number of nitrogens with two attached hydrogens (primary N) is 2. The first-order valence-corrected chi connectivity index (χ1v) is 10.5. The van der Waals surface area contributed by atoms with Gasteiger partial charge in [-0.15, -0.1) is 0 Å². The number of aliphatic imine (C=N–C) groups is 1. The van der Waals surface area contributed by atoms with E-state index in [4.69, 9.17) is 21.0 Å². The Morgan fingerprint density at radius 2 is 1.90 bits per heavy atom. The Bertz CT molecular complexity index is 870. The number of methoxy groups -OCH3 is 1. The first kappa shape index (κ1) is 24.7. The van der Waals surface area contributed by atoms with Crippen LogP contribution in [0, 0.1) is 20.8 Å². The molecule has 0 aliphatic carbocycles. The van der Waals surface area contributed by atoms with E-state index in [1.54, 1.807) is 26.8 Å². The van der Waals surface area contributed by atoms with Crippen molar-refractivity contribution in [3.8, 4) is 5.75 Å². The van der Waals surface area contributed by atoms with Crippen LogP contribution in [0.5, 0.6) is 5.75 Å². The summed E-state index contributed by atoms with van der Waals surface area (Å²) in [6.07, 6.45) is 0.804. The van der Waals surface area contributed by atoms with Gasteiger partial charge in [-0.3, -0.25) is 14.6 Å². The Kier molecular flexibility index (Phi) is 8.86. The zero-order valence-electron chi connectivity index (χ0n) is 17.8. The number of amides is 1. The molecule has 1 amide bonds. The van der Waals surface area contributed by atoms with Crippen molar-refractivity contribution in [3.63, 3.8) is 0 Å². The van der Waals surface area contributed by atoms with E-state index in [9.17, 15) is 13.2 Å². The van der Waals surface area contributed by atoms with Crippen molar-refractivity contribution in [1.82, 2.24) is 9.79 Å². The summed E-state index contributed by atoms with van der Waals surface area (Å²) in [6, 6.07) is 0.931. The molecule has 0 bridgehead atoms. The highest BCUT2D eigenvalue weighted by Crippen LogP contribution is 2.30. The van der Waals surface area contributed by atoms with Crippen molar-refractivity contribution in [1.29, 1.82) is 0 Å². The number of carbonyl (C=O) groups excluding carboxylic acids is 1. The second-order valence-corrected chi connectivity index (χ2v) is 8.23. The van der Waals surface area contributed by atoms with E-state index >= 15 is 0 Å². The maximum absolute atomic E-state index is 12.8. The molecule has 0 fully saturated rings. The lowest BCUT2D eigenvalue weighted by atomic mass is 10.1. The van der Waals surface area contributed by atoms with E-state index in [1.165, 1.54) is 21.3 Å². The zero-order valence-corrected chi connectivity index (χ0v) is 18.6. The summed E-state index contributed by atoms with van der Waals surface area (Å²) >= 11 is 0. The number of sulfonamides is 1. The van der Waals surface area contributed by atoms with Crippen LogP contribution in [0.25, 0.3) is 0 Å². The minimum atomic E-state index is -3.91. The van der Waals surface area contributed by atoms with Gasteiger partial charge < -0.3 is 16.2 Å². The monoisotopic (exact) mass is 429 g/mol. The molecule has 10 nitrogen and oxygen atoms in total. The van der Waals surface area contributed by atoms with Gasteiger partial charge in [0.25, 0.3) is 15.9 Å². The van der Waals surface area contributed by atoms with Gasteiger partial charge in [-0.25, -0.2) is 18.2 Å². The smallest absolute Gasteiger partial charge is 0.264 e. The van der Waals surface area contributed by atoms with Crippen molar-refractivity contribution < 1.29 is 22.8 Å². The fourth-order valence-corrected chi connectivity index (χ4v) is 4.31. The topological polar surface area (TPSA) is 149 Å². The molecule has 5 N–H and O–H groups in total. The molecule has 0 aromatic heterocycles. The van der Waals surface area contributed by atoms with Gasteiger partial charge in [0.2, 0.25) is 5.96 Å². The number of benzene rings is 1. The Morgan fingerprint density at radius 3 is 2.45 bits per heavy atom. The molecule has 11 heteroatoms. The zero-order chi connectivity index (χ0) is 22.4. The first-order chi connectivity index (χ1) is 13.5. The van der Waals surface area contributed by atoms with Gasteiger partial charge in [0, 0.05) is 13.6 Å². The van der Waals surface area contributed by atoms with Crippen LogP contribution in [0.2, 0.25) is 0 Å². The predicted molar refractivity (Wildman–Crippen MR) is 111 cm³/mol. The molecule has 0 saturated heterocycles.